The SMILES string of the molecule is C[C@H](C(=O)Nc1cc(C(F)(F)F)ccc1Cl)N(c1ccc(F)c(F)c1)S(C)(=O)=O. The van der Waals surface area contributed by atoms with Gasteiger partial charge in [-0.15, -0.1) is 0 Å². The fourth-order valence-electron chi connectivity index (χ4n) is 2.47. The summed E-state index contributed by atoms with van der Waals surface area (Å²) in [4.78, 5) is 12.5. The van der Waals surface area contributed by atoms with Gasteiger partial charge in [0.25, 0.3) is 0 Å². The highest BCUT2D eigenvalue weighted by molar-refractivity contribution is 7.92. The second-order valence-electron chi connectivity index (χ2n) is 6.01. The number of rotatable bonds is 5. The standard InChI is InChI=1S/C17H14ClF5N2O3S/c1-9(25(29(2,27)28)11-4-6-13(19)14(20)8-11)16(26)24-15-7-10(17(21,22)23)3-5-12(15)18/h3-9H,1-2H3,(H,24,26)/t9-/m1/s1. The number of amides is 1. The number of carbonyl (C=O) groups excluding carboxylic acids is 1. The summed E-state index contributed by atoms with van der Waals surface area (Å²) in [5.74, 6) is -3.61. The summed E-state index contributed by atoms with van der Waals surface area (Å²) in [5.41, 5.74) is -1.81. The summed E-state index contributed by atoms with van der Waals surface area (Å²) in [6, 6.07) is 2.91. The molecule has 1 N–H and O–H groups in total. The third-order valence-corrected chi connectivity index (χ3v) is 5.37. The largest absolute Gasteiger partial charge is 0.416 e. The van der Waals surface area contributed by atoms with Crippen LogP contribution >= 0.6 is 11.6 Å². The Bertz CT molecular complexity index is 1040. The van der Waals surface area contributed by atoms with Crippen molar-refractivity contribution in [3.8, 4) is 0 Å². The van der Waals surface area contributed by atoms with Gasteiger partial charge >= 0.3 is 6.18 Å². The molecule has 12 heteroatoms. The molecule has 0 bridgehead atoms. The molecule has 0 radical (unpaired) electrons. The molecule has 0 unspecified atom stereocenters. The van der Waals surface area contributed by atoms with E-state index in [1.807, 2.05) is 0 Å². The van der Waals surface area contributed by atoms with Gasteiger partial charge in [0.15, 0.2) is 11.6 Å². The summed E-state index contributed by atoms with van der Waals surface area (Å²) in [5, 5.41) is 1.92. The van der Waals surface area contributed by atoms with Crippen LogP contribution in [0.4, 0.5) is 33.3 Å². The molecule has 158 valence electrons. The first-order chi connectivity index (χ1) is 13.2. The maximum Gasteiger partial charge on any atom is 0.416 e. The summed E-state index contributed by atoms with van der Waals surface area (Å²) >= 11 is 5.81. The highest BCUT2D eigenvalue weighted by Crippen LogP contribution is 2.34. The zero-order valence-electron chi connectivity index (χ0n) is 14.9. The van der Waals surface area contributed by atoms with E-state index in [9.17, 15) is 35.2 Å². The molecule has 1 atom stereocenters. The maximum absolute atomic E-state index is 13.5. The Balaban J connectivity index is 2.39. The van der Waals surface area contributed by atoms with Gasteiger partial charge in [-0.25, -0.2) is 17.2 Å². The minimum atomic E-state index is -4.69. The van der Waals surface area contributed by atoms with Crippen LogP contribution in [-0.4, -0.2) is 26.6 Å². The fourth-order valence-corrected chi connectivity index (χ4v) is 3.80. The van der Waals surface area contributed by atoms with Gasteiger partial charge in [-0.3, -0.25) is 9.10 Å². The Morgan fingerprint density at radius 1 is 1.10 bits per heavy atom. The first-order valence-electron chi connectivity index (χ1n) is 7.84. The lowest BCUT2D eigenvalue weighted by Gasteiger charge is -2.28. The summed E-state index contributed by atoms with van der Waals surface area (Å²) in [7, 11) is -4.16. The molecular weight excluding hydrogens is 443 g/mol. The molecule has 0 fully saturated rings. The summed E-state index contributed by atoms with van der Waals surface area (Å²) < 4.78 is 90.0. The second kappa shape index (κ2) is 8.15. The molecule has 29 heavy (non-hydrogen) atoms. The highest BCUT2D eigenvalue weighted by atomic mass is 35.5. The molecule has 2 aromatic rings. The van der Waals surface area contributed by atoms with E-state index in [0.717, 1.165) is 25.3 Å². The lowest BCUT2D eigenvalue weighted by atomic mass is 10.2. The second-order valence-corrected chi connectivity index (χ2v) is 8.28. The summed E-state index contributed by atoms with van der Waals surface area (Å²) in [6.07, 6.45) is -3.96. The number of nitrogens with zero attached hydrogens (tertiary/aromatic N) is 1. The number of benzene rings is 2. The van der Waals surface area contributed by atoms with Crippen molar-refractivity contribution < 1.29 is 35.2 Å². The topological polar surface area (TPSA) is 66.5 Å². The average molecular weight is 457 g/mol. The van der Waals surface area contributed by atoms with E-state index in [1.165, 1.54) is 0 Å². The number of nitrogens with one attached hydrogen (secondary N) is 1. The predicted octanol–water partition coefficient (Wildman–Crippen LogP) is 4.43. The molecule has 0 spiro atoms. The van der Waals surface area contributed by atoms with E-state index in [4.69, 9.17) is 11.6 Å². The molecule has 0 saturated carbocycles. The van der Waals surface area contributed by atoms with Crippen molar-refractivity contribution in [3.05, 3.63) is 58.6 Å². The lowest BCUT2D eigenvalue weighted by molar-refractivity contribution is -0.137. The van der Waals surface area contributed by atoms with Crippen molar-refractivity contribution >= 4 is 38.9 Å². The Kier molecular flexibility index (Phi) is 6.43. The zero-order chi connectivity index (χ0) is 22.1. The molecule has 0 saturated heterocycles. The first kappa shape index (κ1) is 22.9. The van der Waals surface area contributed by atoms with Gasteiger partial charge in [0.05, 0.1) is 28.2 Å². The van der Waals surface area contributed by atoms with E-state index in [2.05, 4.69) is 5.32 Å². The Hall–Kier alpha value is -2.40. The third-order valence-electron chi connectivity index (χ3n) is 3.80. The fraction of sp³-hybridized carbons (Fsp3) is 0.235. The molecule has 0 heterocycles. The molecule has 0 aliphatic heterocycles. The molecule has 0 aromatic heterocycles. The molecule has 2 rings (SSSR count). The molecule has 0 aliphatic rings. The van der Waals surface area contributed by atoms with Gasteiger partial charge in [0.1, 0.15) is 6.04 Å². The van der Waals surface area contributed by atoms with Crippen molar-refractivity contribution in [3.63, 3.8) is 0 Å². The van der Waals surface area contributed by atoms with Crippen molar-refractivity contribution in [2.45, 2.75) is 19.1 Å². The zero-order valence-corrected chi connectivity index (χ0v) is 16.5. The van der Waals surface area contributed by atoms with Crippen LogP contribution in [0.1, 0.15) is 12.5 Å². The third kappa shape index (κ3) is 5.36. The van der Waals surface area contributed by atoms with Crippen LogP contribution in [0.25, 0.3) is 0 Å². The van der Waals surface area contributed by atoms with Gasteiger partial charge < -0.3 is 5.32 Å². The first-order valence-corrected chi connectivity index (χ1v) is 10.1. The van der Waals surface area contributed by atoms with Crippen LogP contribution < -0.4 is 9.62 Å². The van der Waals surface area contributed by atoms with Crippen LogP contribution in [0.3, 0.4) is 0 Å². The van der Waals surface area contributed by atoms with Crippen molar-refractivity contribution in [1.29, 1.82) is 0 Å². The van der Waals surface area contributed by atoms with E-state index in [1.54, 1.807) is 0 Å². The van der Waals surface area contributed by atoms with Crippen LogP contribution in [0.2, 0.25) is 5.02 Å². The monoisotopic (exact) mass is 456 g/mol. The van der Waals surface area contributed by atoms with Gasteiger partial charge in [0, 0.05) is 6.07 Å². The molecule has 0 aliphatic carbocycles. The molecular formula is C17H14ClF5N2O3S. The molecule has 2 aromatic carbocycles. The van der Waals surface area contributed by atoms with Crippen LogP contribution in [0.5, 0.6) is 0 Å². The van der Waals surface area contributed by atoms with Crippen LogP contribution in [0, 0.1) is 11.6 Å². The number of alkyl halides is 3. The van der Waals surface area contributed by atoms with E-state index in [0.29, 0.717) is 28.6 Å². The van der Waals surface area contributed by atoms with Crippen molar-refractivity contribution in [2.75, 3.05) is 15.9 Å². The number of hydrogen-bond donors (Lipinski definition) is 1. The Labute approximate surface area is 168 Å². The molecule has 5 nitrogen and oxygen atoms in total. The number of hydrogen-bond acceptors (Lipinski definition) is 3. The quantitative estimate of drug-likeness (QED) is 0.677. The average Bonchev–Trinajstić information content (AvgIpc) is 2.57. The number of carbonyl (C=O) groups is 1. The smallest absolute Gasteiger partial charge is 0.323 e. The minimum absolute atomic E-state index is 0.211. The van der Waals surface area contributed by atoms with Crippen molar-refractivity contribution in [1.82, 2.24) is 0 Å². The van der Waals surface area contributed by atoms with Gasteiger partial charge in [-0.1, -0.05) is 11.6 Å². The number of anilines is 2. The maximum atomic E-state index is 13.5. The van der Waals surface area contributed by atoms with Gasteiger partial charge in [0.2, 0.25) is 15.9 Å². The highest BCUT2D eigenvalue weighted by Gasteiger charge is 2.33. The number of halogens is 6. The minimum Gasteiger partial charge on any atom is -0.323 e. The van der Waals surface area contributed by atoms with Gasteiger partial charge in [-0.05, 0) is 37.3 Å². The van der Waals surface area contributed by atoms with E-state index in [-0.39, 0.29) is 10.7 Å². The van der Waals surface area contributed by atoms with E-state index >= 15 is 0 Å². The molecule has 1 amide bonds. The van der Waals surface area contributed by atoms with Gasteiger partial charge in [-0.2, -0.15) is 13.2 Å². The van der Waals surface area contributed by atoms with Crippen molar-refractivity contribution in [2.24, 2.45) is 0 Å². The Morgan fingerprint density at radius 2 is 1.72 bits per heavy atom. The van der Waals surface area contributed by atoms with E-state index < -0.39 is 51.0 Å². The normalized spacial score (nSPS) is 13.1. The summed E-state index contributed by atoms with van der Waals surface area (Å²) in [6.45, 7) is 1.12. The predicted molar refractivity (Wildman–Crippen MR) is 98.2 cm³/mol. The van der Waals surface area contributed by atoms with Crippen LogP contribution in [0.15, 0.2) is 36.4 Å². The lowest BCUT2D eigenvalue weighted by Crippen LogP contribution is -2.45. The van der Waals surface area contributed by atoms with Crippen LogP contribution in [-0.2, 0) is 21.0 Å². The Morgan fingerprint density at radius 3 is 2.24 bits per heavy atom. The number of sulfonamides is 1.